The molecule has 72 valence electrons. The van der Waals surface area contributed by atoms with Crippen LogP contribution in [-0.4, -0.2) is 21.0 Å². The average Bonchev–Trinajstić information content (AvgIpc) is 2.31. The Hall–Kier alpha value is -1.32. The van der Waals surface area contributed by atoms with Crippen molar-refractivity contribution in [2.24, 2.45) is 0 Å². The summed E-state index contributed by atoms with van der Waals surface area (Å²) in [6.07, 6.45) is 1.91. The monoisotopic (exact) mass is 182 g/mol. The van der Waals surface area contributed by atoms with E-state index in [0.717, 1.165) is 24.2 Å². The zero-order valence-electron chi connectivity index (χ0n) is 7.92. The van der Waals surface area contributed by atoms with Gasteiger partial charge in [-0.3, -0.25) is 4.79 Å². The fourth-order valence-electron chi connectivity index (χ4n) is 1.27. The molecular weight excluding hydrogens is 168 g/mol. The summed E-state index contributed by atoms with van der Waals surface area (Å²) in [5.41, 5.74) is 1.97. The molecule has 0 aliphatic heterocycles. The molecule has 2 N–H and O–H groups in total. The number of nitrogens with one attached hydrogen (secondary N) is 1. The van der Waals surface area contributed by atoms with Crippen molar-refractivity contribution in [1.29, 1.82) is 0 Å². The number of rotatable bonds is 4. The summed E-state index contributed by atoms with van der Waals surface area (Å²) in [7, 11) is 0. The van der Waals surface area contributed by atoms with Crippen molar-refractivity contribution in [3.05, 3.63) is 17.2 Å². The van der Waals surface area contributed by atoms with Crippen molar-refractivity contribution >= 4 is 5.97 Å². The molecule has 1 aromatic rings. The third-order valence-corrected chi connectivity index (χ3v) is 1.84. The topological polar surface area (TPSA) is 66.0 Å². The van der Waals surface area contributed by atoms with E-state index in [9.17, 15) is 4.79 Å². The van der Waals surface area contributed by atoms with Gasteiger partial charge in [0.05, 0.1) is 5.69 Å². The Bertz CT molecular complexity index is 305. The molecule has 0 saturated heterocycles. The molecule has 0 bridgehead atoms. The zero-order chi connectivity index (χ0) is 9.84. The number of aliphatic carboxylic acids is 1. The minimum absolute atomic E-state index is 0.0233. The molecule has 4 nitrogen and oxygen atoms in total. The van der Waals surface area contributed by atoms with Crippen LogP contribution in [0.2, 0.25) is 0 Å². The lowest BCUT2D eigenvalue weighted by Crippen LogP contribution is -2.01. The fraction of sp³-hybridized carbons (Fsp3) is 0.556. The van der Waals surface area contributed by atoms with Crippen molar-refractivity contribution in [3.63, 3.8) is 0 Å². The number of carboxylic acids is 1. The van der Waals surface area contributed by atoms with Crippen LogP contribution in [0.4, 0.5) is 0 Å². The lowest BCUT2D eigenvalue weighted by Gasteiger charge is -1.91. The van der Waals surface area contributed by atoms with E-state index >= 15 is 0 Å². The van der Waals surface area contributed by atoms with Crippen LogP contribution < -0.4 is 0 Å². The summed E-state index contributed by atoms with van der Waals surface area (Å²) in [6.45, 7) is 3.99. The van der Waals surface area contributed by atoms with Gasteiger partial charge in [-0.2, -0.15) is 0 Å². The second-order valence-electron chi connectivity index (χ2n) is 3.08. The molecule has 1 heterocycles. The molecule has 13 heavy (non-hydrogen) atoms. The molecule has 0 fully saturated rings. The molecule has 0 unspecified atom stereocenters. The number of nitrogens with zero attached hydrogens (tertiary/aromatic N) is 1. The highest BCUT2D eigenvalue weighted by Crippen LogP contribution is 2.07. The van der Waals surface area contributed by atoms with Crippen LogP contribution in [0.25, 0.3) is 0 Å². The lowest BCUT2D eigenvalue weighted by atomic mass is 10.2. The minimum Gasteiger partial charge on any atom is -0.481 e. The predicted molar refractivity (Wildman–Crippen MR) is 48.7 cm³/mol. The molecular formula is C9H14N2O2. The highest BCUT2D eigenvalue weighted by Gasteiger charge is 2.08. The van der Waals surface area contributed by atoms with Crippen LogP contribution in [0.5, 0.6) is 0 Å². The first-order chi connectivity index (χ1) is 6.13. The van der Waals surface area contributed by atoms with Crippen LogP contribution in [0.3, 0.4) is 0 Å². The smallest absolute Gasteiger partial charge is 0.311 e. The maximum absolute atomic E-state index is 10.4. The summed E-state index contributed by atoms with van der Waals surface area (Å²) >= 11 is 0. The Morgan fingerprint density at radius 3 is 2.85 bits per heavy atom. The highest BCUT2D eigenvalue weighted by atomic mass is 16.4. The van der Waals surface area contributed by atoms with Gasteiger partial charge in [0.15, 0.2) is 0 Å². The summed E-state index contributed by atoms with van der Waals surface area (Å²) in [5, 5.41) is 8.54. The summed E-state index contributed by atoms with van der Waals surface area (Å²) < 4.78 is 0. The third-order valence-electron chi connectivity index (χ3n) is 1.84. The number of H-pyrrole nitrogens is 1. The molecule has 0 spiro atoms. The first-order valence-corrected chi connectivity index (χ1v) is 4.39. The van der Waals surface area contributed by atoms with Crippen LogP contribution >= 0.6 is 0 Å². The SMILES string of the molecule is CCCc1nc(CC(=O)O)[nH]c1C. The number of aryl methyl sites for hydroxylation is 2. The van der Waals surface area contributed by atoms with E-state index in [1.807, 2.05) is 6.92 Å². The molecule has 4 heteroatoms. The molecule has 0 atom stereocenters. The van der Waals surface area contributed by atoms with Gasteiger partial charge < -0.3 is 10.1 Å². The van der Waals surface area contributed by atoms with Crippen molar-refractivity contribution in [2.75, 3.05) is 0 Å². The standard InChI is InChI=1S/C9H14N2O2/c1-3-4-7-6(2)10-8(11-7)5-9(12)13/h3-5H2,1-2H3,(H,10,11)(H,12,13). The first kappa shape index (κ1) is 9.77. The molecule has 0 amide bonds. The maximum Gasteiger partial charge on any atom is 0.311 e. The van der Waals surface area contributed by atoms with E-state index in [1.54, 1.807) is 0 Å². The number of carbonyl (C=O) groups is 1. The van der Waals surface area contributed by atoms with Crippen LogP contribution in [0, 0.1) is 6.92 Å². The zero-order valence-corrected chi connectivity index (χ0v) is 7.92. The van der Waals surface area contributed by atoms with E-state index in [2.05, 4.69) is 16.9 Å². The molecule has 0 aromatic carbocycles. The minimum atomic E-state index is -0.850. The quantitative estimate of drug-likeness (QED) is 0.737. The highest BCUT2D eigenvalue weighted by molar-refractivity contribution is 5.69. The molecule has 0 aliphatic carbocycles. The van der Waals surface area contributed by atoms with Crippen LogP contribution in [0.15, 0.2) is 0 Å². The van der Waals surface area contributed by atoms with E-state index in [0.29, 0.717) is 5.82 Å². The lowest BCUT2D eigenvalue weighted by molar-refractivity contribution is -0.136. The van der Waals surface area contributed by atoms with Crippen LogP contribution in [0.1, 0.15) is 30.6 Å². The van der Waals surface area contributed by atoms with E-state index in [-0.39, 0.29) is 6.42 Å². The van der Waals surface area contributed by atoms with Gasteiger partial charge in [0.2, 0.25) is 0 Å². The number of aromatic nitrogens is 2. The Labute approximate surface area is 77.0 Å². The maximum atomic E-state index is 10.4. The Morgan fingerprint density at radius 1 is 1.62 bits per heavy atom. The third kappa shape index (κ3) is 2.57. The molecule has 1 aromatic heterocycles. The molecule has 0 saturated carbocycles. The van der Waals surface area contributed by atoms with Gasteiger partial charge in [-0.1, -0.05) is 13.3 Å². The van der Waals surface area contributed by atoms with Gasteiger partial charge in [-0.05, 0) is 13.3 Å². The number of hydrogen-bond acceptors (Lipinski definition) is 2. The second-order valence-corrected chi connectivity index (χ2v) is 3.08. The van der Waals surface area contributed by atoms with Gasteiger partial charge in [-0.15, -0.1) is 0 Å². The van der Waals surface area contributed by atoms with Gasteiger partial charge in [-0.25, -0.2) is 4.98 Å². The Kier molecular flexibility index (Phi) is 3.06. The van der Waals surface area contributed by atoms with Crippen molar-refractivity contribution < 1.29 is 9.90 Å². The van der Waals surface area contributed by atoms with Gasteiger partial charge in [0, 0.05) is 5.69 Å². The van der Waals surface area contributed by atoms with Crippen molar-refractivity contribution in [3.8, 4) is 0 Å². The van der Waals surface area contributed by atoms with Gasteiger partial charge in [0.25, 0.3) is 0 Å². The molecule has 1 rings (SSSR count). The predicted octanol–water partition coefficient (Wildman–Crippen LogP) is 1.30. The van der Waals surface area contributed by atoms with Crippen molar-refractivity contribution in [2.45, 2.75) is 33.1 Å². The van der Waals surface area contributed by atoms with E-state index in [1.165, 1.54) is 0 Å². The van der Waals surface area contributed by atoms with Gasteiger partial charge >= 0.3 is 5.97 Å². The Balaban J connectivity index is 2.76. The second kappa shape index (κ2) is 4.07. The summed E-state index contributed by atoms with van der Waals surface area (Å²) in [6, 6.07) is 0. The van der Waals surface area contributed by atoms with Crippen molar-refractivity contribution in [1.82, 2.24) is 9.97 Å². The summed E-state index contributed by atoms with van der Waals surface area (Å²) in [4.78, 5) is 17.6. The number of aromatic amines is 1. The molecule has 0 radical (unpaired) electrons. The number of carboxylic acid groups (broad SMARTS) is 1. The number of imidazole rings is 1. The normalized spacial score (nSPS) is 10.3. The fourth-order valence-corrected chi connectivity index (χ4v) is 1.27. The summed E-state index contributed by atoms with van der Waals surface area (Å²) in [5.74, 6) is -0.301. The van der Waals surface area contributed by atoms with Gasteiger partial charge in [0.1, 0.15) is 12.2 Å². The number of hydrogen-bond donors (Lipinski definition) is 2. The Morgan fingerprint density at radius 2 is 2.31 bits per heavy atom. The first-order valence-electron chi connectivity index (χ1n) is 4.39. The van der Waals surface area contributed by atoms with E-state index < -0.39 is 5.97 Å². The van der Waals surface area contributed by atoms with E-state index in [4.69, 9.17) is 5.11 Å². The molecule has 0 aliphatic rings. The largest absolute Gasteiger partial charge is 0.481 e. The van der Waals surface area contributed by atoms with Crippen LogP contribution in [-0.2, 0) is 17.6 Å². The average molecular weight is 182 g/mol.